The largest absolute Gasteiger partial charge is 0.336 e. The molecule has 0 aliphatic carbocycles. The monoisotopic (exact) mass is 371 g/mol. The van der Waals surface area contributed by atoms with Crippen LogP contribution in [-0.4, -0.2) is 54.3 Å². The Labute approximate surface area is 158 Å². The second-order valence-electron chi connectivity index (χ2n) is 6.44. The van der Waals surface area contributed by atoms with Gasteiger partial charge < -0.3 is 10.2 Å². The van der Waals surface area contributed by atoms with Crippen molar-refractivity contribution in [3.63, 3.8) is 0 Å². The Balaban J connectivity index is 1.50. The molecule has 0 unspecified atom stereocenters. The van der Waals surface area contributed by atoms with Gasteiger partial charge in [0, 0.05) is 42.5 Å². The molecule has 0 aromatic heterocycles. The number of nitrogens with zero attached hydrogens (tertiary/aromatic N) is 2. The summed E-state index contributed by atoms with van der Waals surface area (Å²) in [5.41, 5.74) is 2.48. The van der Waals surface area contributed by atoms with E-state index < -0.39 is 0 Å². The molecule has 1 fully saturated rings. The molecule has 0 radical (unpaired) electrons. The molecule has 1 N–H and O–H groups in total. The highest BCUT2D eigenvalue weighted by molar-refractivity contribution is 6.30. The number of carbonyl (C=O) groups is 2. The lowest BCUT2D eigenvalue weighted by atomic mass is 10.2. The van der Waals surface area contributed by atoms with Crippen LogP contribution in [0.3, 0.4) is 0 Å². The number of rotatable bonds is 4. The second kappa shape index (κ2) is 8.34. The summed E-state index contributed by atoms with van der Waals surface area (Å²) in [6, 6.07) is 14.7. The minimum absolute atomic E-state index is 0.0171. The number of anilines is 1. The van der Waals surface area contributed by atoms with E-state index in [9.17, 15) is 9.59 Å². The average molecular weight is 372 g/mol. The van der Waals surface area contributed by atoms with Crippen LogP contribution in [0, 0.1) is 6.92 Å². The van der Waals surface area contributed by atoms with Crippen LogP contribution in [0.5, 0.6) is 0 Å². The maximum Gasteiger partial charge on any atom is 0.253 e. The zero-order valence-corrected chi connectivity index (χ0v) is 15.5. The number of halogens is 1. The molecular formula is C20H22ClN3O2. The van der Waals surface area contributed by atoms with E-state index in [2.05, 4.69) is 10.2 Å². The Kier molecular flexibility index (Phi) is 5.91. The van der Waals surface area contributed by atoms with Gasteiger partial charge in [-0.2, -0.15) is 0 Å². The summed E-state index contributed by atoms with van der Waals surface area (Å²) in [5, 5.41) is 3.51. The van der Waals surface area contributed by atoms with E-state index >= 15 is 0 Å². The standard InChI is InChI=1S/C20H22ClN3O2/c1-15-5-2-3-8-18(15)22-19(25)14-23-9-11-24(12-10-23)20(26)16-6-4-7-17(21)13-16/h2-8,13H,9-12,14H2,1H3,(H,22,25). The lowest BCUT2D eigenvalue weighted by Gasteiger charge is -2.34. The van der Waals surface area contributed by atoms with Gasteiger partial charge in [-0.15, -0.1) is 0 Å². The van der Waals surface area contributed by atoms with E-state index in [1.54, 1.807) is 29.2 Å². The summed E-state index contributed by atoms with van der Waals surface area (Å²) < 4.78 is 0. The van der Waals surface area contributed by atoms with E-state index in [-0.39, 0.29) is 11.8 Å². The van der Waals surface area contributed by atoms with E-state index in [0.717, 1.165) is 11.3 Å². The number of para-hydroxylation sites is 1. The van der Waals surface area contributed by atoms with Crippen molar-refractivity contribution in [1.29, 1.82) is 0 Å². The fourth-order valence-corrected chi connectivity index (χ4v) is 3.21. The Morgan fingerprint density at radius 3 is 2.46 bits per heavy atom. The van der Waals surface area contributed by atoms with Crippen molar-refractivity contribution in [2.24, 2.45) is 0 Å². The number of piperazine rings is 1. The average Bonchev–Trinajstić information content (AvgIpc) is 2.64. The minimum Gasteiger partial charge on any atom is -0.336 e. The molecule has 5 nitrogen and oxygen atoms in total. The molecule has 6 heteroatoms. The highest BCUT2D eigenvalue weighted by atomic mass is 35.5. The number of nitrogens with one attached hydrogen (secondary N) is 1. The molecule has 1 aliphatic rings. The number of hydrogen-bond donors (Lipinski definition) is 1. The fraction of sp³-hybridized carbons (Fsp3) is 0.300. The van der Waals surface area contributed by atoms with Crippen LogP contribution in [0.2, 0.25) is 5.02 Å². The van der Waals surface area contributed by atoms with Gasteiger partial charge in [-0.05, 0) is 36.8 Å². The molecule has 2 aromatic rings. The third kappa shape index (κ3) is 4.62. The molecule has 2 amide bonds. The van der Waals surface area contributed by atoms with Gasteiger partial charge in [0.15, 0.2) is 0 Å². The first-order valence-electron chi connectivity index (χ1n) is 8.65. The third-order valence-electron chi connectivity index (χ3n) is 4.52. The molecule has 0 saturated carbocycles. The normalized spacial score (nSPS) is 14.9. The van der Waals surface area contributed by atoms with Crippen molar-refractivity contribution in [3.05, 3.63) is 64.7 Å². The predicted octanol–water partition coefficient (Wildman–Crippen LogP) is 3.04. The maximum absolute atomic E-state index is 12.5. The summed E-state index contributed by atoms with van der Waals surface area (Å²) in [4.78, 5) is 28.7. The minimum atomic E-state index is -0.0334. The molecule has 0 atom stereocenters. The van der Waals surface area contributed by atoms with Crippen molar-refractivity contribution >= 4 is 29.1 Å². The third-order valence-corrected chi connectivity index (χ3v) is 4.75. The zero-order valence-electron chi connectivity index (χ0n) is 14.7. The van der Waals surface area contributed by atoms with Gasteiger partial charge in [0.2, 0.25) is 5.91 Å². The van der Waals surface area contributed by atoms with E-state index in [4.69, 9.17) is 11.6 Å². The van der Waals surface area contributed by atoms with Crippen LogP contribution in [0.1, 0.15) is 15.9 Å². The second-order valence-corrected chi connectivity index (χ2v) is 6.88. The molecule has 1 heterocycles. The van der Waals surface area contributed by atoms with Gasteiger partial charge >= 0.3 is 0 Å². The highest BCUT2D eigenvalue weighted by Crippen LogP contribution is 2.15. The van der Waals surface area contributed by atoms with Gasteiger partial charge in [0.05, 0.1) is 6.54 Å². The summed E-state index contributed by atoms with van der Waals surface area (Å²) in [6.45, 7) is 4.84. The smallest absolute Gasteiger partial charge is 0.253 e. The summed E-state index contributed by atoms with van der Waals surface area (Å²) >= 11 is 5.96. The SMILES string of the molecule is Cc1ccccc1NC(=O)CN1CCN(C(=O)c2cccc(Cl)c2)CC1. The van der Waals surface area contributed by atoms with E-state index in [1.807, 2.05) is 31.2 Å². The lowest BCUT2D eigenvalue weighted by molar-refractivity contribution is -0.117. The molecule has 26 heavy (non-hydrogen) atoms. The molecule has 0 bridgehead atoms. The molecule has 1 aliphatic heterocycles. The fourth-order valence-electron chi connectivity index (χ4n) is 3.02. The van der Waals surface area contributed by atoms with Crippen LogP contribution < -0.4 is 5.32 Å². The van der Waals surface area contributed by atoms with Crippen molar-refractivity contribution in [1.82, 2.24) is 9.80 Å². The molecule has 0 spiro atoms. The number of benzene rings is 2. The summed E-state index contributed by atoms with van der Waals surface area (Å²) in [5.74, 6) is -0.0505. The van der Waals surface area contributed by atoms with Gasteiger partial charge in [-0.1, -0.05) is 35.9 Å². The van der Waals surface area contributed by atoms with Crippen LogP contribution in [-0.2, 0) is 4.79 Å². The quantitative estimate of drug-likeness (QED) is 0.898. The van der Waals surface area contributed by atoms with Gasteiger partial charge in [0.25, 0.3) is 5.91 Å². The van der Waals surface area contributed by atoms with Gasteiger partial charge in [-0.25, -0.2) is 0 Å². The van der Waals surface area contributed by atoms with E-state index in [0.29, 0.717) is 43.3 Å². The number of hydrogen-bond acceptors (Lipinski definition) is 3. The molecule has 2 aromatic carbocycles. The Morgan fingerprint density at radius 1 is 1.04 bits per heavy atom. The van der Waals surface area contributed by atoms with Crippen molar-refractivity contribution in [2.75, 3.05) is 38.0 Å². The Bertz CT molecular complexity index is 801. The number of carbonyl (C=O) groups excluding carboxylic acids is 2. The lowest BCUT2D eigenvalue weighted by Crippen LogP contribution is -2.50. The number of aryl methyl sites for hydroxylation is 1. The van der Waals surface area contributed by atoms with Crippen LogP contribution >= 0.6 is 11.6 Å². The van der Waals surface area contributed by atoms with Crippen LogP contribution in [0.15, 0.2) is 48.5 Å². The van der Waals surface area contributed by atoms with Crippen LogP contribution in [0.4, 0.5) is 5.69 Å². The highest BCUT2D eigenvalue weighted by Gasteiger charge is 2.23. The molecular weight excluding hydrogens is 350 g/mol. The first-order valence-corrected chi connectivity index (χ1v) is 9.03. The summed E-state index contributed by atoms with van der Waals surface area (Å²) in [6.07, 6.45) is 0. The molecule has 3 rings (SSSR count). The van der Waals surface area contributed by atoms with Crippen molar-refractivity contribution in [2.45, 2.75) is 6.92 Å². The van der Waals surface area contributed by atoms with Gasteiger partial charge in [-0.3, -0.25) is 14.5 Å². The topological polar surface area (TPSA) is 52.7 Å². The Morgan fingerprint density at radius 2 is 1.77 bits per heavy atom. The Hall–Kier alpha value is -2.37. The van der Waals surface area contributed by atoms with Crippen molar-refractivity contribution < 1.29 is 9.59 Å². The molecule has 136 valence electrons. The predicted molar refractivity (Wildman–Crippen MR) is 104 cm³/mol. The zero-order chi connectivity index (χ0) is 18.5. The van der Waals surface area contributed by atoms with Gasteiger partial charge in [0.1, 0.15) is 0 Å². The maximum atomic E-state index is 12.5. The summed E-state index contributed by atoms with van der Waals surface area (Å²) in [7, 11) is 0. The number of amides is 2. The van der Waals surface area contributed by atoms with Crippen molar-refractivity contribution in [3.8, 4) is 0 Å². The first-order chi connectivity index (χ1) is 12.5. The molecule has 1 saturated heterocycles. The first kappa shape index (κ1) is 18.4. The van der Waals surface area contributed by atoms with E-state index in [1.165, 1.54) is 0 Å². The van der Waals surface area contributed by atoms with Crippen LogP contribution in [0.25, 0.3) is 0 Å².